The van der Waals surface area contributed by atoms with Gasteiger partial charge in [0.15, 0.2) is 5.78 Å². The van der Waals surface area contributed by atoms with E-state index in [1.54, 1.807) is 26.2 Å². The van der Waals surface area contributed by atoms with E-state index in [2.05, 4.69) is 0 Å². The molecule has 0 aliphatic heterocycles. The van der Waals surface area contributed by atoms with Crippen LogP contribution in [0.15, 0.2) is 36.0 Å². The lowest BCUT2D eigenvalue weighted by Gasteiger charge is -2.15. The number of hydrogen-bond acceptors (Lipinski definition) is 3. The quantitative estimate of drug-likeness (QED) is 0.578. The Kier molecular flexibility index (Phi) is 7.09. The maximum Gasteiger partial charge on any atom is 0.222 e. The molecule has 0 saturated heterocycles. The molecule has 4 nitrogen and oxygen atoms in total. The van der Waals surface area contributed by atoms with Crippen molar-refractivity contribution in [2.75, 3.05) is 14.1 Å². The smallest absolute Gasteiger partial charge is 0.222 e. The maximum absolute atomic E-state index is 11.8. The summed E-state index contributed by atoms with van der Waals surface area (Å²) in [5.74, 6) is -0.217. The van der Waals surface area contributed by atoms with E-state index >= 15 is 0 Å². The topological polar surface area (TPSA) is 57.6 Å². The van der Waals surface area contributed by atoms with Crippen molar-refractivity contribution in [3.8, 4) is 0 Å². The molecule has 2 atom stereocenters. The van der Waals surface area contributed by atoms with Crippen molar-refractivity contribution in [2.24, 2.45) is 5.92 Å². The monoisotopic (exact) mass is 291 g/mol. The van der Waals surface area contributed by atoms with E-state index in [0.717, 1.165) is 6.42 Å². The Balaban J connectivity index is 2.61. The average Bonchev–Trinajstić information content (AvgIpc) is 2.77. The molecular weight excluding hydrogens is 266 g/mol. The molecule has 0 bridgehead atoms. The molecule has 0 aromatic heterocycles. The minimum Gasteiger partial charge on any atom is -0.392 e. The first-order chi connectivity index (χ1) is 9.95. The minimum atomic E-state index is -0.487. The Morgan fingerprint density at radius 1 is 1.38 bits per heavy atom. The Labute approximate surface area is 126 Å². The van der Waals surface area contributed by atoms with Gasteiger partial charge in [0.2, 0.25) is 5.91 Å². The number of carbonyl (C=O) groups excluding carboxylic acids is 2. The second kappa shape index (κ2) is 8.57. The van der Waals surface area contributed by atoms with E-state index in [1.807, 2.05) is 19.1 Å². The number of hydrogen-bond donors (Lipinski definition) is 1. The lowest BCUT2D eigenvalue weighted by Crippen LogP contribution is -2.24. The van der Waals surface area contributed by atoms with E-state index in [1.165, 1.54) is 11.0 Å². The fraction of sp³-hybridized carbons (Fsp3) is 0.529. The van der Waals surface area contributed by atoms with Gasteiger partial charge in [-0.1, -0.05) is 31.2 Å². The van der Waals surface area contributed by atoms with Gasteiger partial charge >= 0.3 is 0 Å². The third-order valence-electron chi connectivity index (χ3n) is 3.48. The molecule has 21 heavy (non-hydrogen) atoms. The molecule has 1 aliphatic carbocycles. The van der Waals surface area contributed by atoms with Gasteiger partial charge in [0, 0.05) is 32.0 Å². The van der Waals surface area contributed by atoms with Crippen molar-refractivity contribution < 1.29 is 14.7 Å². The van der Waals surface area contributed by atoms with E-state index in [9.17, 15) is 14.7 Å². The zero-order valence-corrected chi connectivity index (χ0v) is 13.1. The average molecular weight is 291 g/mol. The molecule has 116 valence electrons. The van der Waals surface area contributed by atoms with Crippen molar-refractivity contribution in [2.45, 2.75) is 38.7 Å². The van der Waals surface area contributed by atoms with Crippen molar-refractivity contribution >= 4 is 11.7 Å². The highest BCUT2D eigenvalue weighted by Crippen LogP contribution is 2.26. The zero-order valence-electron chi connectivity index (χ0n) is 13.1. The van der Waals surface area contributed by atoms with Gasteiger partial charge in [-0.2, -0.15) is 0 Å². The SMILES string of the molecule is CC/C=C\C[C@H](O)C/C=C1/C(=O)C=C[C@@H]1CC(=O)N(C)C. The normalized spacial score (nSPS) is 21.4. The van der Waals surface area contributed by atoms with Crippen LogP contribution in [-0.4, -0.2) is 41.9 Å². The maximum atomic E-state index is 11.8. The van der Waals surface area contributed by atoms with Crippen molar-refractivity contribution in [1.29, 1.82) is 0 Å². The van der Waals surface area contributed by atoms with Gasteiger partial charge in [0.05, 0.1) is 6.10 Å². The highest BCUT2D eigenvalue weighted by atomic mass is 16.3. The lowest BCUT2D eigenvalue weighted by molar-refractivity contribution is -0.129. The van der Waals surface area contributed by atoms with Crippen LogP contribution in [0.1, 0.15) is 32.6 Å². The molecule has 0 saturated carbocycles. The Morgan fingerprint density at radius 2 is 2.10 bits per heavy atom. The standard InChI is InChI=1S/C17H25NO3/c1-4-5-6-7-14(19)9-10-15-13(8-11-16(15)20)12-17(21)18(2)3/h5-6,8,10-11,13-14,19H,4,7,9,12H2,1-3H3/b6-5-,15-10+/t13-,14+/m1/s1. The van der Waals surface area contributed by atoms with Crippen LogP contribution in [0.2, 0.25) is 0 Å². The molecule has 0 aromatic carbocycles. The highest BCUT2D eigenvalue weighted by Gasteiger charge is 2.25. The van der Waals surface area contributed by atoms with E-state index < -0.39 is 6.10 Å². The van der Waals surface area contributed by atoms with Gasteiger partial charge in [-0.3, -0.25) is 9.59 Å². The van der Waals surface area contributed by atoms with Gasteiger partial charge in [-0.05, 0) is 25.3 Å². The molecular formula is C17H25NO3. The lowest BCUT2D eigenvalue weighted by atomic mass is 9.96. The van der Waals surface area contributed by atoms with Gasteiger partial charge < -0.3 is 10.0 Å². The number of aliphatic hydroxyl groups is 1. The number of ketones is 1. The molecule has 1 rings (SSSR count). The molecule has 0 spiro atoms. The van der Waals surface area contributed by atoms with Gasteiger partial charge in [-0.15, -0.1) is 0 Å². The van der Waals surface area contributed by atoms with Gasteiger partial charge in [-0.25, -0.2) is 0 Å². The van der Waals surface area contributed by atoms with Crippen LogP contribution in [0.5, 0.6) is 0 Å². The van der Waals surface area contributed by atoms with Gasteiger partial charge in [0.1, 0.15) is 0 Å². The first-order valence-corrected chi connectivity index (χ1v) is 7.41. The van der Waals surface area contributed by atoms with Crippen LogP contribution in [0, 0.1) is 5.92 Å². The minimum absolute atomic E-state index is 0.00308. The molecule has 0 heterocycles. The van der Waals surface area contributed by atoms with E-state index in [-0.39, 0.29) is 17.6 Å². The van der Waals surface area contributed by atoms with Gasteiger partial charge in [0.25, 0.3) is 0 Å². The number of allylic oxidation sites excluding steroid dienone is 4. The molecule has 0 fully saturated rings. The molecule has 0 unspecified atom stereocenters. The summed E-state index contributed by atoms with van der Waals surface area (Å²) in [6, 6.07) is 0. The summed E-state index contributed by atoms with van der Waals surface area (Å²) in [4.78, 5) is 25.1. The summed E-state index contributed by atoms with van der Waals surface area (Å²) in [5, 5.41) is 9.88. The Bertz CT molecular complexity index is 461. The summed E-state index contributed by atoms with van der Waals surface area (Å²) in [7, 11) is 3.41. The van der Waals surface area contributed by atoms with Crippen molar-refractivity contribution in [3.05, 3.63) is 36.0 Å². The Morgan fingerprint density at radius 3 is 2.71 bits per heavy atom. The third-order valence-corrected chi connectivity index (χ3v) is 3.48. The van der Waals surface area contributed by atoms with Crippen molar-refractivity contribution in [3.63, 3.8) is 0 Å². The summed E-state index contributed by atoms with van der Waals surface area (Å²) in [6.45, 7) is 2.04. The fourth-order valence-corrected chi connectivity index (χ4v) is 2.17. The number of aliphatic hydroxyl groups excluding tert-OH is 1. The van der Waals surface area contributed by atoms with Crippen LogP contribution >= 0.6 is 0 Å². The number of carbonyl (C=O) groups is 2. The Hall–Kier alpha value is -1.68. The van der Waals surface area contributed by atoms with Crippen LogP contribution in [0.4, 0.5) is 0 Å². The third kappa shape index (κ3) is 5.68. The number of nitrogens with zero attached hydrogens (tertiary/aromatic N) is 1. The highest BCUT2D eigenvalue weighted by molar-refractivity contribution is 6.07. The summed E-state index contributed by atoms with van der Waals surface area (Å²) >= 11 is 0. The molecule has 4 heteroatoms. The second-order valence-corrected chi connectivity index (χ2v) is 5.49. The zero-order chi connectivity index (χ0) is 15.8. The van der Waals surface area contributed by atoms with Crippen LogP contribution in [-0.2, 0) is 9.59 Å². The largest absolute Gasteiger partial charge is 0.392 e. The molecule has 1 N–H and O–H groups in total. The first kappa shape index (κ1) is 17.4. The molecule has 1 aliphatic rings. The van der Waals surface area contributed by atoms with Crippen molar-refractivity contribution in [1.82, 2.24) is 4.90 Å². The van der Waals surface area contributed by atoms with Crippen LogP contribution in [0.3, 0.4) is 0 Å². The summed E-state index contributed by atoms with van der Waals surface area (Å²) < 4.78 is 0. The molecule has 0 radical (unpaired) electrons. The van der Waals surface area contributed by atoms with Crippen LogP contribution < -0.4 is 0 Å². The molecule has 1 amide bonds. The second-order valence-electron chi connectivity index (χ2n) is 5.49. The number of rotatable bonds is 7. The van der Waals surface area contributed by atoms with Crippen LogP contribution in [0.25, 0.3) is 0 Å². The first-order valence-electron chi connectivity index (χ1n) is 7.41. The van der Waals surface area contributed by atoms with E-state index in [0.29, 0.717) is 24.8 Å². The summed E-state index contributed by atoms with van der Waals surface area (Å²) in [5.41, 5.74) is 0.628. The summed E-state index contributed by atoms with van der Waals surface area (Å²) in [6.07, 6.45) is 10.8. The fourth-order valence-electron chi connectivity index (χ4n) is 2.17. The predicted octanol–water partition coefficient (Wildman–Crippen LogP) is 2.25. The van der Waals surface area contributed by atoms with E-state index in [4.69, 9.17) is 0 Å². The number of amides is 1. The molecule has 0 aromatic rings. The predicted molar refractivity (Wildman–Crippen MR) is 83.7 cm³/mol.